The maximum Gasteiger partial charge on any atom is 0.227 e. The predicted octanol–water partition coefficient (Wildman–Crippen LogP) is 6.89. The fourth-order valence-corrected chi connectivity index (χ4v) is 4.75. The Bertz CT molecular complexity index is 1750. The molecule has 3 aromatic heterocycles. The minimum Gasteiger partial charge on any atom is -0.489 e. The summed E-state index contributed by atoms with van der Waals surface area (Å²) in [5, 5.41) is 8.33. The van der Waals surface area contributed by atoms with E-state index in [0.29, 0.717) is 12.6 Å². The molecule has 0 atom stereocenters. The first-order valence-corrected chi connectivity index (χ1v) is 13.7. The summed E-state index contributed by atoms with van der Waals surface area (Å²) < 4.78 is 7.90. The van der Waals surface area contributed by atoms with E-state index >= 15 is 0 Å². The number of rotatable bonds is 10. The quantitative estimate of drug-likeness (QED) is 0.204. The first kappa shape index (κ1) is 26.2. The van der Waals surface area contributed by atoms with Crippen molar-refractivity contribution >= 4 is 17.2 Å². The van der Waals surface area contributed by atoms with E-state index in [1.165, 1.54) is 5.56 Å². The van der Waals surface area contributed by atoms with Crippen LogP contribution in [0.2, 0.25) is 0 Å². The topological polar surface area (TPSA) is 67.6 Å². The molecule has 7 heteroatoms. The summed E-state index contributed by atoms with van der Waals surface area (Å²) in [4.78, 5) is 11.6. The summed E-state index contributed by atoms with van der Waals surface area (Å²) in [6, 6.07) is 34.6. The number of likely N-dealkylation sites (N-methyl/N-ethyl adjacent to an activating group) is 1. The number of anilines is 2. The zero-order valence-corrected chi connectivity index (χ0v) is 23.2. The van der Waals surface area contributed by atoms with Gasteiger partial charge in [-0.25, -0.2) is 14.5 Å². The molecule has 0 fully saturated rings. The molecule has 6 rings (SSSR count). The van der Waals surface area contributed by atoms with E-state index in [4.69, 9.17) is 14.8 Å². The van der Waals surface area contributed by atoms with Gasteiger partial charge in [-0.3, -0.25) is 0 Å². The van der Waals surface area contributed by atoms with Gasteiger partial charge in [-0.2, -0.15) is 5.10 Å². The number of ether oxygens (including phenoxy) is 1. The van der Waals surface area contributed by atoms with Gasteiger partial charge in [-0.1, -0.05) is 48.5 Å². The summed E-state index contributed by atoms with van der Waals surface area (Å²) in [6.45, 7) is 1.52. The summed E-state index contributed by atoms with van der Waals surface area (Å²) >= 11 is 0. The lowest BCUT2D eigenvalue weighted by molar-refractivity contribution is 0.306. The molecular weight excluding hydrogens is 508 g/mol. The number of nitrogens with one attached hydrogen (secondary N) is 1. The van der Waals surface area contributed by atoms with Gasteiger partial charge >= 0.3 is 0 Å². The molecule has 0 saturated carbocycles. The summed E-state index contributed by atoms with van der Waals surface area (Å²) in [7, 11) is 4.18. The van der Waals surface area contributed by atoms with E-state index in [9.17, 15) is 0 Å². The molecule has 0 radical (unpaired) electrons. The molecule has 41 heavy (non-hydrogen) atoms. The van der Waals surface area contributed by atoms with E-state index in [1.54, 1.807) is 6.20 Å². The number of nitrogens with zero attached hydrogens (tertiary/aromatic N) is 5. The van der Waals surface area contributed by atoms with Crippen molar-refractivity contribution in [1.82, 2.24) is 24.5 Å². The first-order valence-electron chi connectivity index (χ1n) is 13.7. The summed E-state index contributed by atoms with van der Waals surface area (Å²) in [5.41, 5.74) is 7.92. The minimum absolute atomic E-state index is 0.523. The first-order chi connectivity index (χ1) is 20.1. The molecule has 3 aromatic carbocycles. The average Bonchev–Trinajstić information content (AvgIpc) is 3.40. The molecular formula is C34H32N6O. The lowest BCUT2D eigenvalue weighted by Crippen LogP contribution is -2.15. The number of fused-ring (bicyclic) bond motifs is 1. The van der Waals surface area contributed by atoms with E-state index < -0.39 is 0 Å². The lowest BCUT2D eigenvalue weighted by atomic mass is 10.0. The van der Waals surface area contributed by atoms with Gasteiger partial charge in [-0.15, -0.1) is 0 Å². The molecule has 6 aromatic rings. The van der Waals surface area contributed by atoms with Crippen LogP contribution in [0.25, 0.3) is 28.0 Å². The molecule has 0 amide bonds. The molecule has 7 nitrogen and oxygen atoms in total. The molecule has 0 saturated heterocycles. The van der Waals surface area contributed by atoms with Crippen LogP contribution < -0.4 is 10.1 Å². The monoisotopic (exact) mass is 540 g/mol. The van der Waals surface area contributed by atoms with Crippen molar-refractivity contribution in [2.75, 3.05) is 26.0 Å². The molecule has 0 aliphatic carbocycles. The van der Waals surface area contributed by atoms with Crippen molar-refractivity contribution in [3.63, 3.8) is 0 Å². The number of hydrogen-bond donors (Lipinski definition) is 1. The zero-order chi connectivity index (χ0) is 28.0. The van der Waals surface area contributed by atoms with Crippen LogP contribution in [0, 0.1) is 0 Å². The second kappa shape index (κ2) is 12.0. The Morgan fingerprint density at radius 2 is 1.63 bits per heavy atom. The third-order valence-corrected chi connectivity index (χ3v) is 6.86. The van der Waals surface area contributed by atoms with Crippen LogP contribution in [-0.2, 0) is 13.0 Å². The SMILES string of the molecule is CN(C)CCc1cccc(Nc2nccc(-c3c(-c4ccc(OCc5ccccc5)cc4)nn4ccccc34)n2)c1. The summed E-state index contributed by atoms with van der Waals surface area (Å²) in [6.07, 6.45) is 4.72. The van der Waals surface area contributed by atoms with Crippen LogP contribution in [0.3, 0.4) is 0 Å². The van der Waals surface area contributed by atoms with Gasteiger partial charge in [0.1, 0.15) is 18.1 Å². The lowest BCUT2D eigenvalue weighted by Gasteiger charge is -2.11. The minimum atomic E-state index is 0.523. The van der Waals surface area contributed by atoms with Crippen molar-refractivity contribution in [3.8, 4) is 28.3 Å². The number of pyridine rings is 1. The van der Waals surface area contributed by atoms with E-state index in [0.717, 1.165) is 58.0 Å². The Balaban J connectivity index is 1.28. The van der Waals surface area contributed by atoms with Gasteiger partial charge in [0.25, 0.3) is 0 Å². The second-order valence-electron chi connectivity index (χ2n) is 10.2. The van der Waals surface area contributed by atoms with Gasteiger partial charge < -0.3 is 15.0 Å². The Hall–Kier alpha value is -5.01. The van der Waals surface area contributed by atoms with E-state index in [2.05, 4.69) is 65.7 Å². The number of benzene rings is 3. The van der Waals surface area contributed by atoms with Crippen molar-refractivity contribution in [2.24, 2.45) is 0 Å². The predicted molar refractivity (Wildman–Crippen MR) is 164 cm³/mol. The Morgan fingerprint density at radius 3 is 2.46 bits per heavy atom. The fraction of sp³-hybridized carbons (Fsp3) is 0.147. The number of hydrogen-bond acceptors (Lipinski definition) is 6. The maximum atomic E-state index is 6.01. The van der Waals surface area contributed by atoms with E-state index in [-0.39, 0.29) is 0 Å². The van der Waals surface area contributed by atoms with Crippen LogP contribution in [0.1, 0.15) is 11.1 Å². The van der Waals surface area contributed by atoms with Crippen molar-refractivity contribution in [2.45, 2.75) is 13.0 Å². The fourth-order valence-electron chi connectivity index (χ4n) is 4.75. The molecule has 0 bridgehead atoms. The third kappa shape index (κ3) is 6.26. The highest BCUT2D eigenvalue weighted by Gasteiger charge is 2.18. The second-order valence-corrected chi connectivity index (χ2v) is 10.2. The normalized spacial score (nSPS) is 11.2. The van der Waals surface area contributed by atoms with Crippen molar-refractivity contribution in [1.29, 1.82) is 0 Å². The molecule has 0 spiro atoms. The average molecular weight is 541 g/mol. The standard InChI is InChI=1S/C34H32N6O/c1-39(2)22-19-25-11-8-12-28(23-25)36-34-35-20-18-30(37-34)32-31-13-6-7-21-40(31)38-33(32)27-14-16-29(17-15-27)41-24-26-9-4-3-5-10-26/h3-18,20-21,23H,19,22,24H2,1-2H3,(H,35,36,37). The highest BCUT2D eigenvalue weighted by Crippen LogP contribution is 2.35. The van der Waals surface area contributed by atoms with Crippen LogP contribution >= 0.6 is 0 Å². The molecule has 204 valence electrons. The Morgan fingerprint density at radius 1 is 0.829 bits per heavy atom. The van der Waals surface area contributed by atoms with Crippen LogP contribution in [0.4, 0.5) is 11.6 Å². The number of aromatic nitrogens is 4. The van der Waals surface area contributed by atoms with Gasteiger partial charge in [-0.05, 0) is 86.2 Å². The van der Waals surface area contributed by atoms with Gasteiger partial charge in [0, 0.05) is 30.2 Å². The third-order valence-electron chi connectivity index (χ3n) is 6.86. The van der Waals surface area contributed by atoms with Gasteiger partial charge in [0.2, 0.25) is 5.95 Å². The highest BCUT2D eigenvalue weighted by molar-refractivity contribution is 5.91. The zero-order valence-electron chi connectivity index (χ0n) is 23.2. The highest BCUT2D eigenvalue weighted by atomic mass is 16.5. The van der Waals surface area contributed by atoms with Crippen LogP contribution in [0.15, 0.2) is 116 Å². The van der Waals surface area contributed by atoms with Gasteiger partial charge in [0.15, 0.2) is 0 Å². The van der Waals surface area contributed by atoms with E-state index in [1.807, 2.05) is 77.4 Å². The summed E-state index contributed by atoms with van der Waals surface area (Å²) in [5.74, 6) is 1.35. The Kier molecular flexibility index (Phi) is 7.69. The van der Waals surface area contributed by atoms with Crippen LogP contribution in [0.5, 0.6) is 5.75 Å². The molecule has 0 aliphatic rings. The molecule has 0 aliphatic heterocycles. The molecule has 3 heterocycles. The van der Waals surface area contributed by atoms with Crippen LogP contribution in [-0.4, -0.2) is 45.1 Å². The largest absolute Gasteiger partial charge is 0.489 e. The Labute approximate surface area is 240 Å². The van der Waals surface area contributed by atoms with Gasteiger partial charge in [0.05, 0.1) is 16.8 Å². The molecule has 1 N–H and O–H groups in total. The smallest absolute Gasteiger partial charge is 0.227 e. The maximum absolute atomic E-state index is 6.01. The molecule has 0 unspecified atom stereocenters. The van der Waals surface area contributed by atoms with Crippen molar-refractivity contribution in [3.05, 3.63) is 127 Å². The van der Waals surface area contributed by atoms with Crippen molar-refractivity contribution < 1.29 is 4.74 Å².